The molecule has 0 spiro atoms. The van der Waals surface area contributed by atoms with E-state index in [0.717, 1.165) is 11.1 Å². The summed E-state index contributed by atoms with van der Waals surface area (Å²) >= 11 is 5.85. The first-order chi connectivity index (χ1) is 11.9. The third-order valence-corrected chi connectivity index (χ3v) is 4.43. The Morgan fingerprint density at radius 2 is 1.96 bits per heavy atom. The standard InChI is InChI=1S/C19H19ClN2O3/c1-12-3-8-16-15(11-12)22-18(24)19(2,25-16)17(23)21-10-9-13-4-6-14(20)7-5-13/h3-8,11H,9-10H2,1-2H3,(H,21,23)(H,22,24). The maximum atomic E-state index is 12.5. The molecule has 3 rings (SSSR count). The molecule has 25 heavy (non-hydrogen) atoms. The number of amides is 2. The molecule has 130 valence electrons. The number of hydrogen-bond acceptors (Lipinski definition) is 3. The normalized spacial score (nSPS) is 18.8. The Balaban J connectivity index is 1.65. The Labute approximate surface area is 151 Å². The molecule has 2 amide bonds. The minimum absolute atomic E-state index is 0.396. The molecule has 0 saturated heterocycles. The van der Waals surface area contributed by atoms with Gasteiger partial charge in [0.05, 0.1) is 5.69 Å². The van der Waals surface area contributed by atoms with E-state index in [4.69, 9.17) is 16.3 Å². The van der Waals surface area contributed by atoms with Gasteiger partial charge in [-0.05, 0) is 55.7 Å². The number of aryl methyl sites for hydroxylation is 1. The fourth-order valence-corrected chi connectivity index (χ4v) is 2.75. The van der Waals surface area contributed by atoms with Gasteiger partial charge in [-0.25, -0.2) is 0 Å². The molecule has 0 aromatic heterocycles. The number of rotatable bonds is 4. The summed E-state index contributed by atoms with van der Waals surface area (Å²) < 4.78 is 5.73. The van der Waals surface area contributed by atoms with E-state index in [-0.39, 0.29) is 0 Å². The molecule has 1 aliphatic heterocycles. The summed E-state index contributed by atoms with van der Waals surface area (Å²) in [5.41, 5.74) is 1.03. The molecule has 2 N–H and O–H groups in total. The van der Waals surface area contributed by atoms with E-state index in [0.29, 0.717) is 29.4 Å². The molecule has 0 saturated carbocycles. The van der Waals surface area contributed by atoms with Crippen molar-refractivity contribution >= 4 is 29.1 Å². The van der Waals surface area contributed by atoms with Crippen LogP contribution in [0.2, 0.25) is 5.02 Å². The molecular weight excluding hydrogens is 340 g/mol. The highest BCUT2D eigenvalue weighted by atomic mass is 35.5. The fraction of sp³-hybridized carbons (Fsp3) is 0.263. The molecule has 0 fully saturated rings. The van der Waals surface area contributed by atoms with Gasteiger partial charge in [-0.15, -0.1) is 0 Å². The molecule has 1 aliphatic rings. The van der Waals surface area contributed by atoms with Crippen molar-refractivity contribution in [1.29, 1.82) is 0 Å². The molecule has 6 heteroatoms. The molecule has 1 heterocycles. The number of benzene rings is 2. The van der Waals surface area contributed by atoms with Crippen molar-refractivity contribution in [2.75, 3.05) is 11.9 Å². The van der Waals surface area contributed by atoms with Gasteiger partial charge in [0.1, 0.15) is 5.75 Å². The summed E-state index contributed by atoms with van der Waals surface area (Å²) in [6, 6.07) is 12.8. The topological polar surface area (TPSA) is 67.4 Å². The van der Waals surface area contributed by atoms with Gasteiger partial charge in [0.2, 0.25) is 0 Å². The maximum Gasteiger partial charge on any atom is 0.278 e. The zero-order valence-corrected chi connectivity index (χ0v) is 14.8. The fourth-order valence-electron chi connectivity index (χ4n) is 2.63. The first-order valence-corrected chi connectivity index (χ1v) is 8.40. The van der Waals surface area contributed by atoms with E-state index in [1.165, 1.54) is 6.92 Å². The van der Waals surface area contributed by atoms with Crippen LogP contribution in [0, 0.1) is 6.92 Å². The minimum Gasteiger partial charge on any atom is -0.466 e. The molecular formula is C19H19ClN2O3. The Kier molecular flexibility index (Phi) is 4.68. The van der Waals surface area contributed by atoms with Gasteiger partial charge in [0.25, 0.3) is 17.4 Å². The van der Waals surface area contributed by atoms with Crippen LogP contribution in [0.4, 0.5) is 5.69 Å². The summed E-state index contributed by atoms with van der Waals surface area (Å²) in [6.07, 6.45) is 0.635. The van der Waals surface area contributed by atoms with Crippen LogP contribution in [-0.2, 0) is 16.0 Å². The molecule has 0 aliphatic carbocycles. The number of carbonyl (C=O) groups excluding carboxylic acids is 2. The van der Waals surface area contributed by atoms with Gasteiger partial charge >= 0.3 is 0 Å². The number of carbonyl (C=O) groups is 2. The second-order valence-electron chi connectivity index (χ2n) is 6.22. The number of halogens is 1. The predicted octanol–water partition coefficient (Wildman–Crippen LogP) is 3.10. The van der Waals surface area contributed by atoms with Crippen molar-refractivity contribution in [3.63, 3.8) is 0 Å². The Morgan fingerprint density at radius 1 is 1.24 bits per heavy atom. The molecule has 1 atom stereocenters. The SMILES string of the molecule is Cc1ccc2c(c1)NC(=O)C(C)(C(=O)NCCc1ccc(Cl)cc1)O2. The zero-order valence-electron chi connectivity index (χ0n) is 14.1. The summed E-state index contributed by atoms with van der Waals surface area (Å²) in [7, 11) is 0. The molecule has 0 bridgehead atoms. The lowest BCUT2D eigenvalue weighted by atomic mass is 10.0. The maximum absolute atomic E-state index is 12.5. The van der Waals surface area contributed by atoms with E-state index in [9.17, 15) is 9.59 Å². The van der Waals surface area contributed by atoms with Crippen molar-refractivity contribution in [3.05, 3.63) is 58.6 Å². The van der Waals surface area contributed by atoms with Crippen molar-refractivity contribution in [2.45, 2.75) is 25.9 Å². The van der Waals surface area contributed by atoms with E-state index < -0.39 is 17.4 Å². The lowest BCUT2D eigenvalue weighted by molar-refractivity contribution is -0.146. The van der Waals surface area contributed by atoms with Gasteiger partial charge in [-0.1, -0.05) is 29.8 Å². The lowest BCUT2D eigenvalue weighted by Gasteiger charge is -2.33. The third-order valence-electron chi connectivity index (χ3n) is 4.18. The summed E-state index contributed by atoms with van der Waals surface area (Å²) in [6.45, 7) is 3.79. The number of ether oxygens (including phenoxy) is 1. The van der Waals surface area contributed by atoms with E-state index in [1.807, 2.05) is 31.2 Å². The Hall–Kier alpha value is -2.53. The zero-order chi connectivity index (χ0) is 18.0. The van der Waals surface area contributed by atoms with Gasteiger partial charge in [-0.2, -0.15) is 0 Å². The van der Waals surface area contributed by atoms with Gasteiger partial charge in [0, 0.05) is 11.6 Å². The molecule has 2 aromatic carbocycles. The highest BCUT2D eigenvalue weighted by Crippen LogP contribution is 2.34. The van der Waals surface area contributed by atoms with Crippen LogP contribution >= 0.6 is 11.6 Å². The van der Waals surface area contributed by atoms with Crippen LogP contribution in [-0.4, -0.2) is 24.0 Å². The van der Waals surface area contributed by atoms with Crippen LogP contribution in [0.1, 0.15) is 18.1 Å². The highest BCUT2D eigenvalue weighted by molar-refractivity contribution is 6.30. The van der Waals surface area contributed by atoms with Crippen molar-refractivity contribution in [2.24, 2.45) is 0 Å². The second-order valence-corrected chi connectivity index (χ2v) is 6.66. The number of anilines is 1. The van der Waals surface area contributed by atoms with Gasteiger partial charge in [-0.3, -0.25) is 9.59 Å². The van der Waals surface area contributed by atoms with E-state index in [2.05, 4.69) is 10.6 Å². The molecule has 5 nitrogen and oxygen atoms in total. The second kappa shape index (κ2) is 6.76. The van der Waals surface area contributed by atoms with E-state index in [1.54, 1.807) is 18.2 Å². The quantitative estimate of drug-likeness (QED) is 0.825. The largest absolute Gasteiger partial charge is 0.466 e. The number of hydrogen-bond donors (Lipinski definition) is 2. The minimum atomic E-state index is -1.59. The van der Waals surface area contributed by atoms with Crippen LogP contribution < -0.4 is 15.4 Å². The van der Waals surface area contributed by atoms with Crippen LogP contribution in [0.5, 0.6) is 5.75 Å². The lowest BCUT2D eigenvalue weighted by Crippen LogP contribution is -2.58. The first kappa shape index (κ1) is 17.3. The summed E-state index contributed by atoms with van der Waals surface area (Å²) in [5, 5.41) is 6.19. The summed E-state index contributed by atoms with van der Waals surface area (Å²) in [4.78, 5) is 24.9. The summed E-state index contributed by atoms with van der Waals surface area (Å²) in [5.74, 6) is -0.458. The van der Waals surface area contributed by atoms with Crippen molar-refractivity contribution in [3.8, 4) is 5.75 Å². The smallest absolute Gasteiger partial charge is 0.278 e. The van der Waals surface area contributed by atoms with Gasteiger partial charge < -0.3 is 15.4 Å². The monoisotopic (exact) mass is 358 g/mol. The first-order valence-electron chi connectivity index (χ1n) is 8.02. The van der Waals surface area contributed by atoms with Gasteiger partial charge in [0.15, 0.2) is 0 Å². The van der Waals surface area contributed by atoms with Crippen LogP contribution in [0.15, 0.2) is 42.5 Å². The number of fused-ring (bicyclic) bond motifs is 1. The van der Waals surface area contributed by atoms with E-state index >= 15 is 0 Å². The Bertz CT molecular complexity index is 820. The van der Waals surface area contributed by atoms with Crippen LogP contribution in [0.25, 0.3) is 0 Å². The number of nitrogens with one attached hydrogen (secondary N) is 2. The third kappa shape index (κ3) is 3.61. The van der Waals surface area contributed by atoms with Crippen molar-refractivity contribution in [1.82, 2.24) is 5.32 Å². The predicted molar refractivity (Wildman–Crippen MR) is 97.0 cm³/mol. The molecule has 2 aromatic rings. The molecule has 0 radical (unpaired) electrons. The average Bonchev–Trinajstić information content (AvgIpc) is 2.58. The Morgan fingerprint density at radius 3 is 2.68 bits per heavy atom. The van der Waals surface area contributed by atoms with Crippen molar-refractivity contribution < 1.29 is 14.3 Å². The highest BCUT2D eigenvalue weighted by Gasteiger charge is 2.47. The average molecular weight is 359 g/mol. The van der Waals surface area contributed by atoms with Crippen LogP contribution in [0.3, 0.4) is 0 Å². The molecule has 1 unspecified atom stereocenters.